The number of aromatic nitrogens is 3. The zero-order chi connectivity index (χ0) is 25.9. The smallest absolute Gasteiger partial charge is 0.383 e. The monoisotopic (exact) mass is 499 g/mol. The van der Waals surface area contributed by atoms with Gasteiger partial charge in [0.2, 0.25) is 0 Å². The lowest BCUT2D eigenvalue weighted by molar-refractivity contribution is -0.138. The van der Waals surface area contributed by atoms with Crippen LogP contribution in [0.3, 0.4) is 0 Å². The highest BCUT2D eigenvalue weighted by Crippen LogP contribution is 2.38. The molecule has 0 unspecified atom stereocenters. The minimum Gasteiger partial charge on any atom is -0.383 e. The summed E-state index contributed by atoms with van der Waals surface area (Å²) in [5.74, 6) is -1.12. The standard InChI is InChI=1S/C25H21F4N5O2/c1-12-31-22(30)20-18(11-33(2)23(20)32-12)13-3-4-19-14(7-13)5-6-34(19)24(36)21(35)15-8-16(25(27,28)29)10-17(26)9-15/h3-4,7-11,21,35H,5-6H2,1-2H3,(H2,30,31,32)/t21-/m1/s1. The highest BCUT2D eigenvalue weighted by Gasteiger charge is 2.35. The molecule has 0 radical (unpaired) electrons. The second kappa shape index (κ2) is 8.30. The van der Waals surface area contributed by atoms with E-state index in [9.17, 15) is 27.5 Å². The van der Waals surface area contributed by atoms with Gasteiger partial charge in [0.15, 0.2) is 6.10 Å². The van der Waals surface area contributed by atoms with Crippen molar-refractivity contribution in [2.45, 2.75) is 25.6 Å². The number of carbonyl (C=O) groups is 1. The van der Waals surface area contributed by atoms with Gasteiger partial charge in [0.25, 0.3) is 5.91 Å². The number of hydrogen-bond donors (Lipinski definition) is 2. The molecule has 1 aliphatic heterocycles. The Labute approximate surface area is 202 Å². The maximum atomic E-state index is 13.8. The predicted octanol–water partition coefficient (Wildman–Crippen LogP) is 4.31. The van der Waals surface area contributed by atoms with Crippen molar-refractivity contribution >= 4 is 28.4 Å². The number of aliphatic hydroxyl groups excluding tert-OH is 1. The van der Waals surface area contributed by atoms with Gasteiger partial charge in [-0.25, -0.2) is 14.4 Å². The van der Waals surface area contributed by atoms with Crippen LogP contribution < -0.4 is 10.6 Å². The molecule has 0 bridgehead atoms. The van der Waals surface area contributed by atoms with Crippen molar-refractivity contribution in [2.75, 3.05) is 17.2 Å². The Morgan fingerprint density at radius 2 is 1.92 bits per heavy atom. The fourth-order valence-electron chi connectivity index (χ4n) is 4.65. The number of alkyl halides is 3. The van der Waals surface area contributed by atoms with Crippen molar-refractivity contribution < 1.29 is 27.5 Å². The van der Waals surface area contributed by atoms with Crippen molar-refractivity contribution in [3.63, 3.8) is 0 Å². The number of aliphatic hydroxyl groups is 1. The van der Waals surface area contributed by atoms with E-state index in [1.165, 1.54) is 4.90 Å². The van der Waals surface area contributed by atoms with Crippen LogP contribution in [0.25, 0.3) is 22.2 Å². The molecule has 0 saturated heterocycles. The Morgan fingerprint density at radius 1 is 1.17 bits per heavy atom. The van der Waals surface area contributed by atoms with E-state index in [0.29, 0.717) is 46.9 Å². The number of hydrogen-bond acceptors (Lipinski definition) is 5. The molecular weight excluding hydrogens is 478 g/mol. The SMILES string of the molecule is Cc1nc(N)c2c(-c3ccc4c(c3)CCN4C(=O)[C@H](O)c3cc(F)cc(C(F)(F)F)c3)cn(C)c2n1. The third kappa shape index (κ3) is 3.95. The van der Waals surface area contributed by atoms with Gasteiger partial charge < -0.3 is 20.3 Å². The number of benzene rings is 2. The molecule has 2 aromatic heterocycles. The topological polar surface area (TPSA) is 97.3 Å². The Bertz CT molecular complexity index is 1530. The molecule has 5 rings (SSSR count). The van der Waals surface area contributed by atoms with Crippen molar-refractivity contribution in [3.8, 4) is 11.1 Å². The van der Waals surface area contributed by atoms with Crippen molar-refractivity contribution in [3.05, 3.63) is 70.9 Å². The number of nitrogens with zero attached hydrogens (tertiary/aromatic N) is 4. The first-order chi connectivity index (χ1) is 16.9. The molecule has 7 nitrogen and oxygen atoms in total. The molecule has 11 heteroatoms. The van der Waals surface area contributed by atoms with Crippen molar-refractivity contribution in [2.24, 2.45) is 7.05 Å². The lowest BCUT2D eigenvalue weighted by atomic mass is 10.0. The van der Waals surface area contributed by atoms with Crippen molar-refractivity contribution in [1.29, 1.82) is 0 Å². The number of fused-ring (bicyclic) bond motifs is 2. The van der Waals surface area contributed by atoms with Crippen LogP contribution >= 0.6 is 0 Å². The molecular formula is C25H21F4N5O2. The predicted molar refractivity (Wildman–Crippen MR) is 126 cm³/mol. The summed E-state index contributed by atoms with van der Waals surface area (Å²) < 4.78 is 54.9. The first-order valence-corrected chi connectivity index (χ1v) is 11.0. The average molecular weight is 499 g/mol. The molecule has 186 valence electrons. The van der Waals surface area contributed by atoms with Gasteiger partial charge in [0, 0.05) is 31.0 Å². The van der Waals surface area contributed by atoms with Gasteiger partial charge in [0.05, 0.1) is 10.9 Å². The van der Waals surface area contributed by atoms with Crippen LogP contribution in [0.4, 0.5) is 29.1 Å². The minimum atomic E-state index is -4.81. The maximum Gasteiger partial charge on any atom is 0.416 e. The molecule has 0 saturated carbocycles. The molecule has 3 heterocycles. The normalized spacial score (nSPS) is 14.4. The molecule has 2 aromatic carbocycles. The van der Waals surface area contributed by atoms with E-state index in [0.717, 1.165) is 22.8 Å². The van der Waals surface area contributed by atoms with Crippen LogP contribution in [0.5, 0.6) is 0 Å². The summed E-state index contributed by atoms with van der Waals surface area (Å²) in [6, 6.07) is 7.02. The zero-order valence-electron chi connectivity index (χ0n) is 19.3. The molecule has 1 aliphatic rings. The van der Waals surface area contributed by atoms with Crippen LogP contribution in [0.1, 0.15) is 28.6 Å². The molecule has 0 aliphatic carbocycles. The van der Waals surface area contributed by atoms with E-state index in [-0.39, 0.29) is 6.54 Å². The number of nitrogen functional groups attached to an aromatic ring is 1. The first kappa shape index (κ1) is 23.7. The number of anilines is 2. The largest absolute Gasteiger partial charge is 0.416 e. The zero-order valence-corrected chi connectivity index (χ0v) is 19.3. The molecule has 0 spiro atoms. The maximum absolute atomic E-state index is 13.8. The third-order valence-electron chi connectivity index (χ3n) is 6.31. The van der Waals surface area contributed by atoms with Gasteiger partial charge in [0.1, 0.15) is 23.1 Å². The summed E-state index contributed by atoms with van der Waals surface area (Å²) in [6.45, 7) is 1.97. The summed E-state index contributed by atoms with van der Waals surface area (Å²) >= 11 is 0. The first-order valence-electron chi connectivity index (χ1n) is 11.0. The fraction of sp³-hybridized carbons (Fsp3) is 0.240. The molecule has 1 amide bonds. The van der Waals surface area contributed by atoms with E-state index in [1.54, 1.807) is 19.1 Å². The fourth-order valence-corrected chi connectivity index (χ4v) is 4.65. The van der Waals surface area contributed by atoms with Crippen molar-refractivity contribution in [1.82, 2.24) is 14.5 Å². The quantitative estimate of drug-likeness (QED) is 0.410. The third-order valence-corrected chi connectivity index (χ3v) is 6.31. The van der Waals surface area contributed by atoms with E-state index in [2.05, 4.69) is 9.97 Å². The molecule has 1 atom stereocenters. The Hall–Kier alpha value is -3.99. The number of aryl methyl sites for hydroxylation is 2. The number of carbonyl (C=O) groups excluding carboxylic acids is 1. The highest BCUT2D eigenvalue weighted by atomic mass is 19.4. The van der Waals surface area contributed by atoms with Crippen LogP contribution in [-0.4, -0.2) is 32.1 Å². The highest BCUT2D eigenvalue weighted by molar-refractivity contribution is 6.02. The van der Waals surface area contributed by atoms with Gasteiger partial charge >= 0.3 is 6.18 Å². The lowest BCUT2D eigenvalue weighted by Gasteiger charge is -2.22. The summed E-state index contributed by atoms with van der Waals surface area (Å²) in [6.07, 6.45) is -4.41. The second-order valence-electron chi connectivity index (χ2n) is 8.77. The van der Waals surface area contributed by atoms with Crippen LogP contribution in [0.2, 0.25) is 0 Å². The number of amides is 1. The summed E-state index contributed by atoms with van der Waals surface area (Å²) in [5.41, 5.74) is 8.11. The van der Waals surface area contributed by atoms with Gasteiger partial charge in [-0.15, -0.1) is 0 Å². The van der Waals surface area contributed by atoms with E-state index in [4.69, 9.17) is 5.73 Å². The van der Waals surface area contributed by atoms with E-state index in [1.807, 2.05) is 23.9 Å². The van der Waals surface area contributed by atoms with E-state index < -0.39 is 35.1 Å². The molecule has 36 heavy (non-hydrogen) atoms. The number of rotatable bonds is 3. The van der Waals surface area contributed by atoms with Gasteiger partial charge in [-0.05, 0) is 60.4 Å². The van der Waals surface area contributed by atoms with Crippen LogP contribution in [0.15, 0.2) is 42.6 Å². The van der Waals surface area contributed by atoms with Crippen LogP contribution in [-0.2, 0) is 24.4 Å². The van der Waals surface area contributed by atoms with Gasteiger partial charge in [-0.1, -0.05) is 6.07 Å². The summed E-state index contributed by atoms with van der Waals surface area (Å²) in [4.78, 5) is 23.0. The molecule has 3 N–H and O–H groups in total. The lowest BCUT2D eigenvalue weighted by Crippen LogP contribution is -2.33. The average Bonchev–Trinajstić information content (AvgIpc) is 3.38. The van der Waals surface area contributed by atoms with Gasteiger partial charge in [-0.2, -0.15) is 13.2 Å². The van der Waals surface area contributed by atoms with Gasteiger partial charge in [-0.3, -0.25) is 4.79 Å². The number of halogens is 4. The van der Waals surface area contributed by atoms with Crippen LogP contribution in [0, 0.1) is 12.7 Å². The Kier molecular flexibility index (Phi) is 5.47. The second-order valence-corrected chi connectivity index (χ2v) is 8.77. The van der Waals surface area contributed by atoms with E-state index >= 15 is 0 Å². The Morgan fingerprint density at radius 3 is 2.64 bits per heavy atom. The Balaban J connectivity index is 1.47. The summed E-state index contributed by atoms with van der Waals surface area (Å²) in [5, 5.41) is 11.2. The molecule has 0 fully saturated rings. The minimum absolute atomic E-state index is 0.218. The molecule has 4 aromatic rings. The summed E-state index contributed by atoms with van der Waals surface area (Å²) in [7, 11) is 1.85. The number of nitrogens with two attached hydrogens (primary N) is 1.